The van der Waals surface area contributed by atoms with Crippen molar-refractivity contribution < 1.29 is 15.0 Å². The molecule has 0 saturated heterocycles. The number of nitrogens with zero attached hydrogens (tertiary/aromatic N) is 3. The Hall–Kier alpha value is -1.81. The van der Waals surface area contributed by atoms with Crippen LogP contribution < -0.4 is 10.6 Å². The Morgan fingerprint density at radius 3 is 2.26 bits per heavy atom. The Morgan fingerprint density at radius 2 is 1.71 bits per heavy atom. The van der Waals surface area contributed by atoms with Gasteiger partial charge in [0.15, 0.2) is 0 Å². The molecule has 0 bridgehead atoms. The zero-order valence-electron chi connectivity index (χ0n) is 17.5. The number of halogens is 2. The minimum Gasteiger partial charge on any atom is -0.395 e. The molecule has 2 aromatic carbocycles. The molecule has 0 atom stereocenters. The number of amides is 1. The lowest BCUT2D eigenvalue weighted by molar-refractivity contribution is -0.117. The molecule has 0 radical (unpaired) electrons. The van der Waals surface area contributed by atoms with Crippen LogP contribution in [0.1, 0.15) is 30.9 Å². The van der Waals surface area contributed by atoms with E-state index in [1.165, 1.54) is 5.56 Å². The van der Waals surface area contributed by atoms with E-state index in [-0.39, 0.29) is 19.6 Å². The van der Waals surface area contributed by atoms with Crippen LogP contribution in [-0.2, 0) is 17.6 Å². The highest BCUT2D eigenvalue weighted by atomic mass is 79.9. The van der Waals surface area contributed by atoms with Crippen LogP contribution in [0.15, 0.2) is 49.5 Å². The summed E-state index contributed by atoms with van der Waals surface area (Å²) in [7, 11) is 0. The van der Waals surface area contributed by atoms with E-state index < -0.39 is 5.91 Å². The molecular formula is C22H28Br2N4O3. The van der Waals surface area contributed by atoms with Crippen LogP contribution in [0.25, 0.3) is 0 Å². The number of carbonyl (C=O) groups is 1. The van der Waals surface area contributed by atoms with Crippen molar-refractivity contribution in [1.29, 1.82) is 0 Å². The quantitative estimate of drug-likeness (QED) is 0.327. The number of aryl methyl sites for hydroxylation is 1. The Bertz CT molecular complexity index is 893. The van der Waals surface area contributed by atoms with Gasteiger partial charge < -0.3 is 20.8 Å². The molecule has 168 valence electrons. The molecule has 9 heteroatoms. The van der Waals surface area contributed by atoms with Crippen LogP contribution in [0.4, 0.5) is 17.1 Å². The van der Waals surface area contributed by atoms with Crippen LogP contribution in [0.5, 0.6) is 0 Å². The van der Waals surface area contributed by atoms with Crippen molar-refractivity contribution in [1.82, 2.24) is 0 Å². The van der Waals surface area contributed by atoms with Crippen molar-refractivity contribution in [2.75, 3.05) is 31.2 Å². The fourth-order valence-electron chi connectivity index (χ4n) is 3.15. The molecule has 0 saturated carbocycles. The summed E-state index contributed by atoms with van der Waals surface area (Å²) in [4.78, 5) is 13.4. The van der Waals surface area contributed by atoms with Crippen LogP contribution in [0, 0.1) is 0 Å². The van der Waals surface area contributed by atoms with Crippen molar-refractivity contribution in [3.63, 3.8) is 0 Å². The van der Waals surface area contributed by atoms with Crippen molar-refractivity contribution >= 4 is 54.8 Å². The number of unbranched alkanes of at least 4 members (excludes halogenated alkanes) is 1. The van der Waals surface area contributed by atoms with Crippen LogP contribution >= 0.6 is 31.9 Å². The average molecular weight is 556 g/mol. The second-order valence-corrected chi connectivity index (χ2v) is 8.81. The lowest BCUT2D eigenvalue weighted by atomic mass is 10.1. The predicted molar refractivity (Wildman–Crippen MR) is 130 cm³/mol. The van der Waals surface area contributed by atoms with Crippen molar-refractivity contribution in [2.24, 2.45) is 16.0 Å². The summed E-state index contributed by atoms with van der Waals surface area (Å²) in [5.41, 5.74) is 9.23. The van der Waals surface area contributed by atoms with Gasteiger partial charge >= 0.3 is 0 Å². The van der Waals surface area contributed by atoms with Gasteiger partial charge in [0.25, 0.3) is 0 Å². The number of primary amides is 1. The summed E-state index contributed by atoms with van der Waals surface area (Å²) in [6.07, 6.45) is 3.25. The van der Waals surface area contributed by atoms with Crippen LogP contribution in [0.2, 0.25) is 0 Å². The maximum Gasteiger partial charge on any atom is 0.221 e. The van der Waals surface area contributed by atoms with Crippen molar-refractivity contribution in [2.45, 2.75) is 32.6 Å². The first-order valence-corrected chi connectivity index (χ1v) is 11.8. The van der Waals surface area contributed by atoms with E-state index in [1.54, 1.807) is 12.1 Å². The molecular weight excluding hydrogens is 528 g/mol. The number of rotatable bonds is 12. The molecule has 0 heterocycles. The highest BCUT2D eigenvalue weighted by molar-refractivity contribution is 9.11. The Balaban J connectivity index is 2.37. The first-order valence-electron chi connectivity index (χ1n) is 10.2. The number of anilines is 1. The minimum absolute atomic E-state index is 0.00653. The third-order valence-corrected chi connectivity index (χ3v) is 5.90. The van der Waals surface area contributed by atoms with Gasteiger partial charge in [-0.15, -0.1) is 5.11 Å². The Labute approximate surface area is 199 Å². The fourth-order valence-corrected chi connectivity index (χ4v) is 4.59. The number of benzene rings is 2. The van der Waals surface area contributed by atoms with Crippen LogP contribution in [0.3, 0.4) is 0 Å². The zero-order chi connectivity index (χ0) is 22.8. The number of azo groups is 1. The van der Waals surface area contributed by atoms with E-state index in [0.717, 1.165) is 33.9 Å². The van der Waals surface area contributed by atoms with Crippen molar-refractivity contribution in [3.8, 4) is 0 Å². The summed E-state index contributed by atoms with van der Waals surface area (Å²) < 4.78 is 1.67. The van der Waals surface area contributed by atoms with Gasteiger partial charge in [-0.3, -0.25) is 4.79 Å². The normalized spacial score (nSPS) is 11.3. The SMILES string of the molecule is CCCCc1cc(Br)c(N=Nc2ccc(N(CCO)CCO)cc2CC(N)=O)c(Br)c1. The van der Waals surface area contributed by atoms with Crippen LogP contribution in [-0.4, -0.2) is 42.4 Å². The maximum atomic E-state index is 11.6. The van der Waals surface area contributed by atoms with Gasteiger partial charge in [0.1, 0.15) is 5.69 Å². The maximum absolute atomic E-state index is 11.6. The molecule has 0 aliphatic rings. The summed E-state index contributed by atoms with van der Waals surface area (Å²) in [5.74, 6) is -0.480. The van der Waals surface area contributed by atoms with E-state index in [0.29, 0.717) is 30.0 Å². The molecule has 2 aromatic rings. The molecule has 2 rings (SSSR count). The van der Waals surface area contributed by atoms with Gasteiger partial charge in [-0.1, -0.05) is 13.3 Å². The molecule has 4 N–H and O–H groups in total. The van der Waals surface area contributed by atoms with E-state index in [2.05, 4.69) is 49.0 Å². The van der Waals surface area contributed by atoms with Gasteiger partial charge in [0.2, 0.25) is 5.91 Å². The average Bonchev–Trinajstić information content (AvgIpc) is 2.72. The second kappa shape index (κ2) is 12.9. The van der Waals surface area contributed by atoms with Gasteiger partial charge in [0.05, 0.1) is 25.3 Å². The summed E-state index contributed by atoms with van der Waals surface area (Å²) in [6.45, 7) is 2.78. The third-order valence-electron chi connectivity index (χ3n) is 4.69. The number of nitrogens with two attached hydrogens (primary N) is 1. The van der Waals surface area contributed by atoms with Gasteiger partial charge in [0, 0.05) is 27.7 Å². The molecule has 0 aliphatic carbocycles. The number of carbonyl (C=O) groups excluding carboxylic acids is 1. The number of hydrogen-bond acceptors (Lipinski definition) is 6. The standard InChI is InChI=1S/C22H28Br2N4O3/c1-2-3-4-15-11-18(23)22(19(24)12-15)27-26-20-6-5-17(13-16(20)14-21(25)31)28(7-9-29)8-10-30/h5-6,11-13,29-30H,2-4,7-10,14H2,1H3,(H2,25,31). The summed E-state index contributed by atoms with van der Waals surface area (Å²) in [5, 5.41) is 27.3. The number of aliphatic hydroxyl groups is 2. The van der Waals surface area contributed by atoms with Gasteiger partial charge in [-0.25, -0.2) is 0 Å². The van der Waals surface area contributed by atoms with Crippen molar-refractivity contribution in [3.05, 3.63) is 50.4 Å². The Morgan fingerprint density at radius 1 is 1.06 bits per heavy atom. The van der Waals surface area contributed by atoms with Gasteiger partial charge in [-0.05, 0) is 86.2 Å². The van der Waals surface area contributed by atoms with E-state index >= 15 is 0 Å². The molecule has 0 spiro atoms. The first kappa shape index (κ1) is 25.5. The highest BCUT2D eigenvalue weighted by Crippen LogP contribution is 2.37. The van der Waals surface area contributed by atoms with E-state index in [1.807, 2.05) is 23.1 Å². The Kier molecular flexibility index (Phi) is 10.6. The number of aliphatic hydroxyl groups excluding tert-OH is 2. The molecule has 0 fully saturated rings. The summed E-state index contributed by atoms with van der Waals surface area (Å²) >= 11 is 7.15. The fraction of sp³-hybridized carbons (Fsp3) is 0.409. The van der Waals surface area contributed by atoms with E-state index in [9.17, 15) is 15.0 Å². The lowest BCUT2D eigenvalue weighted by Gasteiger charge is -2.23. The topological polar surface area (TPSA) is 112 Å². The second-order valence-electron chi connectivity index (χ2n) is 7.10. The van der Waals surface area contributed by atoms with E-state index in [4.69, 9.17) is 5.73 Å². The monoisotopic (exact) mass is 554 g/mol. The number of hydrogen-bond donors (Lipinski definition) is 3. The molecule has 1 amide bonds. The first-order chi connectivity index (χ1) is 14.9. The molecule has 0 aliphatic heterocycles. The summed E-state index contributed by atoms with van der Waals surface area (Å²) in [6, 6.07) is 9.47. The zero-order valence-corrected chi connectivity index (χ0v) is 20.7. The minimum atomic E-state index is -0.480. The lowest BCUT2D eigenvalue weighted by Crippen LogP contribution is -2.29. The molecule has 31 heavy (non-hydrogen) atoms. The molecule has 0 aromatic heterocycles. The third kappa shape index (κ3) is 7.68. The predicted octanol–water partition coefficient (Wildman–Crippen LogP) is 4.79. The molecule has 7 nitrogen and oxygen atoms in total. The smallest absolute Gasteiger partial charge is 0.221 e. The largest absolute Gasteiger partial charge is 0.395 e. The van der Waals surface area contributed by atoms with Gasteiger partial charge in [-0.2, -0.15) is 5.11 Å². The highest BCUT2D eigenvalue weighted by Gasteiger charge is 2.13. The molecule has 0 unspecified atom stereocenters.